The second kappa shape index (κ2) is 5.53. The molecule has 1 saturated heterocycles. The Hall–Kier alpha value is -0.530. The molecule has 0 aliphatic carbocycles. The van der Waals surface area contributed by atoms with Crippen molar-refractivity contribution < 1.29 is 19.1 Å². The van der Waals surface area contributed by atoms with Gasteiger partial charge in [-0.1, -0.05) is 22.6 Å². The Morgan fingerprint density at radius 1 is 1.73 bits per heavy atom. The zero-order chi connectivity index (χ0) is 11.4. The number of ether oxygens (including phenoxy) is 2. The van der Waals surface area contributed by atoms with Crippen LogP contribution in [0.4, 0.5) is 9.59 Å². The molecule has 5 nitrogen and oxygen atoms in total. The van der Waals surface area contributed by atoms with Crippen LogP contribution in [0.15, 0.2) is 0 Å². The van der Waals surface area contributed by atoms with E-state index >= 15 is 0 Å². The third-order valence-corrected chi connectivity index (χ3v) is 3.13. The average Bonchev–Trinajstić information content (AvgIpc) is 2.16. The highest BCUT2D eigenvalue weighted by Crippen LogP contribution is 2.21. The number of carbonyl (C=O) groups is 2. The van der Waals surface area contributed by atoms with Crippen LogP contribution in [-0.2, 0) is 9.47 Å². The van der Waals surface area contributed by atoms with E-state index in [-0.39, 0.29) is 18.8 Å². The Labute approximate surface area is 102 Å². The third-order valence-electron chi connectivity index (χ3n) is 2.11. The highest BCUT2D eigenvalue weighted by molar-refractivity contribution is 14.1. The SMILES string of the molecule is CCOC(=O)N1C(=O)O[C@H](C)C[C@@H]1CI. The molecule has 1 aliphatic rings. The van der Waals surface area contributed by atoms with Gasteiger partial charge in [-0.25, -0.2) is 14.5 Å². The zero-order valence-electron chi connectivity index (χ0n) is 8.73. The lowest BCUT2D eigenvalue weighted by Gasteiger charge is -2.34. The number of alkyl halides is 1. The maximum atomic E-state index is 11.5. The fourth-order valence-electron chi connectivity index (χ4n) is 1.46. The van der Waals surface area contributed by atoms with Gasteiger partial charge in [0.1, 0.15) is 6.10 Å². The molecule has 86 valence electrons. The standard InChI is InChI=1S/C9H14INO4/c1-3-14-8(12)11-7(5-10)4-6(2)15-9(11)13/h6-7H,3-5H2,1-2H3/t6-,7-/m1/s1. The van der Waals surface area contributed by atoms with Gasteiger partial charge < -0.3 is 9.47 Å². The number of imide groups is 1. The van der Waals surface area contributed by atoms with Crippen LogP contribution in [0.25, 0.3) is 0 Å². The summed E-state index contributed by atoms with van der Waals surface area (Å²) in [5.41, 5.74) is 0. The number of carbonyl (C=O) groups excluding carboxylic acids is 2. The molecule has 6 heteroatoms. The molecule has 1 aliphatic heterocycles. The molecule has 1 rings (SSSR count). The summed E-state index contributed by atoms with van der Waals surface area (Å²) in [6.07, 6.45) is -0.694. The summed E-state index contributed by atoms with van der Waals surface area (Å²) >= 11 is 2.15. The second-order valence-electron chi connectivity index (χ2n) is 3.31. The summed E-state index contributed by atoms with van der Waals surface area (Å²) in [7, 11) is 0. The van der Waals surface area contributed by atoms with E-state index in [1.165, 1.54) is 0 Å². The maximum Gasteiger partial charge on any atom is 0.419 e. The molecule has 0 aromatic heterocycles. The van der Waals surface area contributed by atoms with Crippen LogP contribution in [0.1, 0.15) is 20.3 Å². The van der Waals surface area contributed by atoms with Crippen LogP contribution in [0.3, 0.4) is 0 Å². The van der Waals surface area contributed by atoms with Gasteiger partial charge in [-0.2, -0.15) is 0 Å². The Balaban J connectivity index is 2.74. The van der Waals surface area contributed by atoms with Gasteiger partial charge in [0.15, 0.2) is 0 Å². The van der Waals surface area contributed by atoms with Gasteiger partial charge in [0.2, 0.25) is 0 Å². The molecule has 0 radical (unpaired) electrons. The normalized spacial score (nSPS) is 26.1. The Bertz CT molecular complexity index is 250. The Morgan fingerprint density at radius 2 is 2.40 bits per heavy atom. The number of hydrogen-bond acceptors (Lipinski definition) is 4. The first-order valence-corrected chi connectivity index (χ1v) is 6.35. The van der Waals surface area contributed by atoms with Crippen molar-refractivity contribution in [2.24, 2.45) is 0 Å². The van der Waals surface area contributed by atoms with Gasteiger partial charge in [-0.3, -0.25) is 0 Å². The van der Waals surface area contributed by atoms with Crippen LogP contribution in [0, 0.1) is 0 Å². The minimum absolute atomic E-state index is 0.124. The maximum absolute atomic E-state index is 11.5. The van der Waals surface area contributed by atoms with E-state index < -0.39 is 12.2 Å². The number of halogens is 1. The lowest BCUT2D eigenvalue weighted by Crippen LogP contribution is -2.52. The van der Waals surface area contributed by atoms with Gasteiger partial charge in [0.05, 0.1) is 12.6 Å². The van der Waals surface area contributed by atoms with E-state index in [4.69, 9.17) is 9.47 Å². The van der Waals surface area contributed by atoms with Crippen molar-refractivity contribution in [2.45, 2.75) is 32.4 Å². The van der Waals surface area contributed by atoms with E-state index in [0.29, 0.717) is 10.8 Å². The number of hydrogen-bond donors (Lipinski definition) is 0. The van der Waals surface area contributed by atoms with Crippen molar-refractivity contribution in [2.75, 3.05) is 11.0 Å². The van der Waals surface area contributed by atoms with Crippen molar-refractivity contribution >= 4 is 34.8 Å². The molecule has 2 atom stereocenters. The fraction of sp³-hybridized carbons (Fsp3) is 0.778. The molecular formula is C9H14INO4. The largest absolute Gasteiger partial charge is 0.449 e. The van der Waals surface area contributed by atoms with Crippen molar-refractivity contribution in [3.05, 3.63) is 0 Å². The first kappa shape index (κ1) is 12.5. The summed E-state index contributed by atoms with van der Waals surface area (Å²) < 4.78 is 10.5. The first-order chi connectivity index (χ1) is 7.10. The van der Waals surface area contributed by atoms with Crippen molar-refractivity contribution in [3.63, 3.8) is 0 Å². The lowest BCUT2D eigenvalue weighted by atomic mass is 10.1. The molecule has 0 saturated carbocycles. The monoisotopic (exact) mass is 327 g/mol. The molecule has 15 heavy (non-hydrogen) atoms. The van der Waals surface area contributed by atoms with Gasteiger partial charge in [0.25, 0.3) is 0 Å². The lowest BCUT2D eigenvalue weighted by molar-refractivity contribution is 0.00999. The quantitative estimate of drug-likeness (QED) is 0.576. The van der Waals surface area contributed by atoms with Crippen LogP contribution in [-0.4, -0.2) is 40.3 Å². The van der Waals surface area contributed by atoms with Crippen molar-refractivity contribution in [1.29, 1.82) is 0 Å². The molecule has 0 N–H and O–H groups in total. The summed E-state index contributed by atoms with van der Waals surface area (Å²) in [5.74, 6) is 0. The molecule has 1 fully saturated rings. The first-order valence-electron chi connectivity index (χ1n) is 4.82. The molecule has 0 bridgehead atoms. The Kier molecular flexibility index (Phi) is 4.62. The van der Waals surface area contributed by atoms with Gasteiger partial charge in [-0.15, -0.1) is 0 Å². The van der Waals surface area contributed by atoms with Crippen LogP contribution in [0.5, 0.6) is 0 Å². The Morgan fingerprint density at radius 3 is 2.93 bits per heavy atom. The number of cyclic esters (lactones) is 1. The van der Waals surface area contributed by atoms with Gasteiger partial charge in [0, 0.05) is 10.8 Å². The molecular weight excluding hydrogens is 313 g/mol. The number of amides is 2. The van der Waals surface area contributed by atoms with E-state index in [0.717, 1.165) is 4.90 Å². The third kappa shape index (κ3) is 2.96. The summed E-state index contributed by atoms with van der Waals surface area (Å²) in [5, 5.41) is 0. The van der Waals surface area contributed by atoms with E-state index in [1.54, 1.807) is 6.92 Å². The van der Waals surface area contributed by atoms with Crippen LogP contribution < -0.4 is 0 Å². The number of rotatable bonds is 2. The molecule has 0 aromatic rings. The minimum atomic E-state index is -0.615. The minimum Gasteiger partial charge on any atom is -0.449 e. The summed E-state index contributed by atoms with van der Waals surface area (Å²) in [6.45, 7) is 3.78. The summed E-state index contributed by atoms with van der Waals surface area (Å²) in [4.78, 5) is 24.0. The molecule has 0 aromatic carbocycles. The fourth-order valence-corrected chi connectivity index (χ4v) is 2.22. The molecule has 0 spiro atoms. The highest BCUT2D eigenvalue weighted by atomic mass is 127. The smallest absolute Gasteiger partial charge is 0.419 e. The van der Waals surface area contributed by atoms with E-state index in [1.807, 2.05) is 6.92 Å². The van der Waals surface area contributed by atoms with Crippen LogP contribution in [0.2, 0.25) is 0 Å². The predicted molar refractivity (Wildman–Crippen MR) is 62.1 cm³/mol. The predicted octanol–water partition coefficient (Wildman–Crippen LogP) is 2.18. The number of nitrogens with zero attached hydrogens (tertiary/aromatic N) is 1. The van der Waals surface area contributed by atoms with E-state index in [9.17, 15) is 9.59 Å². The van der Waals surface area contributed by atoms with Crippen molar-refractivity contribution in [3.8, 4) is 0 Å². The van der Waals surface area contributed by atoms with Crippen LogP contribution >= 0.6 is 22.6 Å². The summed E-state index contributed by atoms with van der Waals surface area (Å²) in [6, 6.07) is -0.124. The van der Waals surface area contributed by atoms with E-state index in [2.05, 4.69) is 22.6 Å². The topological polar surface area (TPSA) is 55.8 Å². The van der Waals surface area contributed by atoms with Gasteiger partial charge >= 0.3 is 12.2 Å². The molecule has 0 unspecified atom stereocenters. The van der Waals surface area contributed by atoms with Crippen molar-refractivity contribution in [1.82, 2.24) is 4.90 Å². The zero-order valence-corrected chi connectivity index (χ0v) is 10.9. The highest BCUT2D eigenvalue weighted by Gasteiger charge is 2.38. The second-order valence-corrected chi connectivity index (χ2v) is 4.19. The average molecular weight is 327 g/mol. The molecule has 2 amide bonds. The molecule has 1 heterocycles. The van der Waals surface area contributed by atoms with Gasteiger partial charge in [-0.05, 0) is 13.8 Å².